The van der Waals surface area contributed by atoms with Crippen molar-refractivity contribution in [2.24, 2.45) is 0 Å². The molecule has 0 aliphatic heterocycles. The summed E-state index contributed by atoms with van der Waals surface area (Å²) >= 11 is 0. The van der Waals surface area contributed by atoms with Crippen molar-refractivity contribution in [2.45, 2.75) is 6.42 Å². The highest BCUT2D eigenvalue weighted by Gasteiger charge is 2.18. The van der Waals surface area contributed by atoms with E-state index in [1.807, 2.05) is 0 Å². The van der Waals surface area contributed by atoms with Crippen LogP contribution in [-0.2, 0) is 6.42 Å². The van der Waals surface area contributed by atoms with Crippen molar-refractivity contribution >= 4 is 5.69 Å². The van der Waals surface area contributed by atoms with Gasteiger partial charge in [0, 0.05) is 12.1 Å². The van der Waals surface area contributed by atoms with Crippen molar-refractivity contribution in [1.82, 2.24) is 0 Å². The lowest BCUT2D eigenvalue weighted by molar-refractivity contribution is 1.56. The van der Waals surface area contributed by atoms with Gasteiger partial charge in [-0.2, -0.15) is 0 Å². The summed E-state index contributed by atoms with van der Waals surface area (Å²) in [4.78, 5) is 0. The molecule has 0 aromatic heterocycles. The number of hydrogen-bond donors (Lipinski definition) is 1. The topological polar surface area (TPSA) is 12.0 Å². The molecule has 1 aliphatic rings. The number of benzene rings is 1. The maximum absolute atomic E-state index is 3.61. The van der Waals surface area contributed by atoms with Crippen LogP contribution in [0.25, 0.3) is 0 Å². The van der Waals surface area contributed by atoms with Crippen molar-refractivity contribution < 1.29 is 0 Å². The van der Waals surface area contributed by atoms with E-state index >= 15 is 0 Å². The Hall–Kier alpha value is -1.24. The minimum absolute atomic E-state index is 1.16. The van der Waals surface area contributed by atoms with Gasteiger partial charge < -0.3 is 5.32 Å². The van der Waals surface area contributed by atoms with Gasteiger partial charge in [0.25, 0.3) is 0 Å². The lowest BCUT2D eigenvalue weighted by Gasteiger charge is -1.96. The third kappa shape index (κ3) is 0.711. The first-order chi connectivity index (χ1) is 4.92. The first kappa shape index (κ1) is 5.54. The maximum Gasteiger partial charge on any atom is 0.0418 e. The number of anilines is 1. The molecule has 2 rings (SSSR count). The van der Waals surface area contributed by atoms with Crippen LogP contribution in [0.1, 0.15) is 11.1 Å². The minimum Gasteiger partial charge on any atom is -0.362 e. The Morgan fingerprint density at radius 3 is 3.20 bits per heavy atom. The van der Waals surface area contributed by atoms with Gasteiger partial charge in [-0.05, 0) is 23.4 Å². The first-order valence-corrected chi connectivity index (χ1v) is 3.40. The predicted octanol–water partition coefficient (Wildman–Crippen LogP) is 2.15. The molecule has 1 nitrogen and oxygen atoms in total. The second-order valence-corrected chi connectivity index (χ2v) is 2.47. The van der Waals surface area contributed by atoms with E-state index in [4.69, 9.17) is 0 Å². The van der Waals surface area contributed by atoms with E-state index in [0.717, 1.165) is 6.42 Å². The third-order valence-corrected chi connectivity index (χ3v) is 1.77. The average molecular weight is 131 g/mol. The van der Waals surface area contributed by atoms with Crippen LogP contribution in [0.2, 0.25) is 0 Å². The van der Waals surface area contributed by atoms with Gasteiger partial charge in [-0.1, -0.05) is 18.7 Å². The van der Waals surface area contributed by atoms with Crippen LogP contribution in [0.4, 0.5) is 5.69 Å². The molecule has 1 aromatic rings. The molecule has 50 valence electrons. The fraction of sp³-hybridized carbons (Fsp3) is 0.111. The molecular formula is C9H9N. The number of rotatable bonds is 2. The van der Waals surface area contributed by atoms with E-state index < -0.39 is 0 Å². The second-order valence-electron chi connectivity index (χ2n) is 2.47. The predicted molar refractivity (Wildman–Crippen MR) is 43.1 cm³/mol. The molecule has 0 heterocycles. The van der Waals surface area contributed by atoms with Gasteiger partial charge in [0.15, 0.2) is 0 Å². The lowest BCUT2D eigenvalue weighted by Crippen LogP contribution is -1.83. The zero-order chi connectivity index (χ0) is 6.97. The quantitative estimate of drug-likeness (QED) is 0.658. The van der Waals surface area contributed by atoms with Gasteiger partial charge in [0.1, 0.15) is 0 Å². The largest absolute Gasteiger partial charge is 0.362 e. The summed E-state index contributed by atoms with van der Waals surface area (Å²) in [6.07, 6.45) is 2.87. The Labute approximate surface area is 60.4 Å². The second kappa shape index (κ2) is 1.87. The zero-order valence-corrected chi connectivity index (χ0v) is 5.72. The van der Waals surface area contributed by atoms with Gasteiger partial charge in [0.2, 0.25) is 0 Å². The van der Waals surface area contributed by atoms with E-state index in [1.54, 1.807) is 6.20 Å². The summed E-state index contributed by atoms with van der Waals surface area (Å²) in [7, 11) is 0. The minimum atomic E-state index is 1.16. The van der Waals surface area contributed by atoms with Gasteiger partial charge >= 0.3 is 0 Å². The third-order valence-electron chi connectivity index (χ3n) is 1.77. The molecule has 0 radical (unpaired) electrons. The molecule has 0 amide bonds. The molecule has 0 unspecified atom stereocenters. The SMILES string of the molecule is C=CNc1cccc2c1C2. The molecule has 0 spiro atoms. The normalized spacial score (nSPS) is 12.0. The number of hydrogen-bond acceptors (Lipinski definition) is 1. The van der Waals surface area contributed by atoms with E-state index in [-0.39, 0.29) is 0 Å². The summed E-state index contributed by atoms with van der Waals surface area (Å²) in [5, 5.41) is 3.09. The molecule has 1 heteroatoms. The van der Waals surface area contributed by atoms with E-state index in [9.17, 15) is 0 Å². The van der Waals surface area contributed by atoms with Gasteiger partial charge in [-0.25, -0.2) is 0 Å². The van der Waals surface area contributed by atoms with Crippen molar-refractivity contribution in [3.8, 4) is 0 Å². The summed E-state index contributed by atoms with van der Waals surface area (Å²) in [6, 6.07) is 6.30. The summed E-state index contributed by atoms with van der Waals surface area (Å²) in [6.45, 7) is 3.61. The molecule has 1 N–H and O–H groups in total. The van der Waals surface area contributed by atoms with Crippen LogP contribution in [-0.4, -0.2) is 0 Å². The summed E-state index contributed by atoms with van der Waals surface area (Å²) < 4.78 is 0. The lowest BCUT2D eigenvalue weighted by atomic mass is 10.3. The van der Waals surface area contributed by atoms with Gasteiger partial charge in [-0.15, -0.1) is 0 Å². The molecule has 0 bridgehead atoms. The fourth-order valence-corrected chi connectivity index (χ4v) is 1.18. The van der Waals surface area contributed by atoms with Crippen molar-refractivity contribution in [3.05, 3.63) is 42.1 Å². The van der Waals surface area contributed by atoms with Crippen LogP contribution >= 0.6 is 0 Å². The molecule has 10 heavy (non-hydrogen) atoms. The van der Waals surface area contributed by atoms with Crippen LogP contribution in [0.3, 0.4) is 0 Å². The van der Waals surface area contributed by atoms with Crippen molar-refractivity contribution in [3.63, 3.8) is 0 Å². The summed E-state index contributed by atoms with van der Waals surface area (Å²) in [5.41, 5.74) is 4.13. The van der Waals surface area contributed by atoms with Gasteiger partial charge in [0.05, 0.1) is 0 Å². The van der Waals surface area contributed by atoms with Crippen LogP contribution < -0.4 is 5.32 Å². The number of nitrogens with one attached hydrogen (secondary N) is 1. The molecule has 0 saturated heterocycles. The van der Waals surface area contributed by atoms with Crippen LogP contribution in [0.5, 0.6) is 0 Å². The Bertz CT molecular complexity index is 276. The van der Waals surface area contributed by atoms with E-state index in [0.29, 0.717) is 0 Å². The summed E-state index contributed by atoms with van der Waals surface area (Å²) in [5.74, 6) is 0. The Morgan fingerprint density at radius 1 is 1.50 bits per heavy atom. The number of fused-ring (bicyclic) bond motifs is 1. The molecule has 0 fully saturated rings. The Morgan fingerprint density at radius 2 is 2.40 bits per heavy atom. The Balaban J connectivity index is 2.37. The van der Waals surface area contributed by atoms with E-state index in [1.165, 1.54) is 16.8 Å². The maximum atomic E-state index is 3.61. The van der Waals surface area contributed by atoms with Crippen molar-refractivity contribution in [1.29, 1.82) is 0 Å². The molecule has 1 aliphatic carbocycles. The first-order valence-electron chi connectivity index (χ1n) is 3.40. The average Bonchev–Trinajstić information content (AvgIpc) is 2.67. The molecule has 0 saturated carbocycles. The van der Waals surface area contributed by atoms with Crippen molar-refractivity contribution in [2.75, 3.05) is 5.32 Å². The van der Waals surface area contributed by atoms with Crippen LogP contribution in [0, 0.1) is 0 Å². The Kier molecular flexibility index (Phi) is 1.04. The fourth-order valence-electron chi connectivity index (χ4n) is 1.18. The highest BCUT2D eigenvalue weighted by Crippen LogP contribution is 2.34. The smallest absolute Gasteiger partial charge is 0.0418 e. The zero-order valence-electron chi connectivity index (χ0n) is 5.72. The monoisotopic (exact) mass is 131 g/mol. The standard InChI is InChI=1S/C9H9N/c1-2-10-9-5-3-4-7-6-8(7)9/h2-5,10H,1,6H2. The van der Waals surface area contributed by atoms with Crippen LogP contribution in [0.15, 0.2) is 31.0 Å². The highest BCUT2D eigenvalue weighted by atomic mass is 14.8. The molecule has 1 aromatic carbocycles. The highest BCUT2D eigenvalue weighted by molar-refractivity contribution is 5.65. The molecule has 0 atom stereocenters. The van der Waals surface area contributed by atoms with Gasteiger partial charge in [-0.3, -0.25) is 0 Å². The molecular weight excluding hydrogens is 122 g/mol. The van der Waals surface area contributed by atoms with E-state index in [2.05, 4.69) is 30.1 Å².